The van der Waals surface area contributed by atoms with E-state index in [1.165, 1.54) is 47.2 Å². The van der Waals surface area contributed by atoms with E-state index in [1.807, 2.05) is 0 Å². The number of rotatable bonds is 11. The minimum Gasteiger partial charge on any atom is -0.467 e. The molecule has 0 N–H and O–H groups in total. The normalized spacial score (nSPS) is 11.5. The van der Waals surface area contributed by atoms with Crippen LogP contribution in [-0.4, -0.2) is 42.5 Å². The van der Waals surface area contributed by atoms with Gasteiger partial charge in [0, 0.05) is 18.7 Å². The van der Waals surface area contributed by atoms with Gasteiger partial charge in [-0.1, -0.05) is 41.9 Å². The number of amides is 1. The minimum atomic E-state index is -3.91. The number of hydrogen-bond donors (Lipinski definition) is 0. The summed E-state index contributed by atoms with van der Waals surface area (Å²) in [6.45, 7) is 0.367. The number of benzene rings is 2. The van der Waals surface area contributed by atoms with Crippen LogP contribution in [0, 0.1) is 5.82 Å². The molecule has 0 aliphatic rings. The molecule has 0 aliphatic heterocycles. The zero-order chi connectivity index (χ0) is 26.4. The van der Waals surface area contributed by atoms with Crippen LogP contribution in [0.5, 0.6) is 0 Å². The number of hydrogen-bond acceptors (Lipinski definition) is 6. The molecule has 0 saturated carbocycles. The van der Waals surface area contributed by atoms with Crippen LogP contribution in [0.25, 0.3) is 0 Å². The van der Waals surface area contributed by atoms with E-state index < -0.39 is 21.6 Å². The van der Waals surface area contributed by atoms with E-state index in [-0.39, 0.29) is 42.7 Å². The topological polar surface area (TPSA) is 94.6 Å². The van der Waals surface area contributed by atoms with Gasteiger partial charge in [0.15, 0.2) is 0 Å². The molecule has 0 radical (unpaired) electrons. The van der Waals surface area contributed by atoms with Crippen LogP contribution in [0.2, 0.25) is 5.02 Å². The molecule has 4 aromatic rings. The Balaban J connectivity index is 1.70. The molecule has 0 saturated heterocycles. The smallest absolute Gasteiger partial charge is 0.257 e. The summed E-state index contributed by atoms with van der Waals surface area (Å²) in [5, 5.41) is 0.164. The van der Waals surface area contributed by atoms with Gasteiger partial charge < -0.3 is 18.6 Å². The average Bonchev–Trinajstić information content (AvgIpc) is 3.54. The fraction of sp³-hybridized carbons (Fsp3) is 0.231. The summed E-state index contributed by atoms with van der Waals surface area (Å²) < 4.78 is 53.3. The van der Waals surface area contributed by atoms with Gasteiger partial charge in [-0.2, -0.15) is 0 Å². The molecule has 2 heterocycles. The van der Waals surface area contributed by atoms with Gasteiger partial charge in [-0.05, 0) is 35.9 Å². The molecule has 0 unspecified atom stereocenters. The molecule has 2 aromatic carbocycles. The number of sulfone groups is 1. The standard InChI is InChI=1S/C26H25ClFN3O5S/c1-35-14-12-31-20(15-29-26(31)37(33,34)18-19-7-2-4-10-23(19)27)16-30(17-21-8-6-13-36-21)25(32)22-9-3-5-11-24(22)28/h2-11,13,15H,12,14,16-18H2,1H3. The molecule has 2 aromatic heterocycles. The molecule has 8 nitrogen and oxygen atoms in total. The SMILES string of the molecule is COCCn1c(CN(Cc2ccco2)C(=O)c2ccccc2F)cnc1S(=O)(=O)Cc1ccccc1Cl. The second kappa shape index (κ2) is 11.7. The van der Waals surface area contributed by atoms with Gasteiger partial charge in [0.1, 0.15) is 11.6 Å². The van der Waals surface area contributed by atoms with Gasteiger partial charge >= 0.3 is 0 Å². The quantitative estimate of drug-likeness (QED) is 0.270. The van der Waals surface area contributed by atoms with E-state index in [4.69, 9.17) is 20.8 Å². The van der Waals surface area contributed by atoms with E-state index in [0.29, 0.717) is 22.0 Å². The Labute approximate surface area is 219 Å². The number of imidazole rings is 1. The number of halogens is 2. The highest BCUT2D eigenvalue weighted by Gasteiger charge is 2.27. The van der Waals surface area contributed by atoms with E-state index in [0.717, 1.165) is 0 Å². The van der Waals surface area contributed by atoms with Crippen LogP contribution in [0.4, 0.5) is 4.39 Å². The average molecular weight is 546 g/mol. The van der Waals surface area contributed by atoms with Crippen molar-refractivity contribution in [3.8, 4) is 0 Å². The highest BCUT2D eigenvalue weighted by Crippen LogP contribution is 2.24. The summed E-state index contributed by atoms with van der Waals surface area (Å²) in [5.74, 6) is -1.10. The van der Waals surface area contributed by atoms with Gasteiger partial charge in [-0.3, -0.25) is 4.79 Å². The van der Waals surface area contributed by atoms with Crippen LogP contribution < -0.4 is 0 Å². The molecule has 0 spiro atoms. The van der Waals surface area contributed by atoms with Crippen molar-refractivity contribution in [1.82, 2.24) is 14.5 Å². The molecule has 0 bridgehead atoms. The van der Waals surface area contributed by atoms with E-state index >= 15 is 0 Å². The Morgan fingerprint density at radius 3 is 2.57 bits per heavy atom. The molecule has 1 amide bonds. The monoisotopic (exact) mass is 545 g/mol. The number of carbonyl (C=O) groups is 1. The van der Waals surface area contributed by atoms with Crippen LogP contribution in [0.3, 0.4) is 0 Å². The molecule has 0 aliphatic carbocycles. The lowest BCUT2D eigenvalue weighted by molar-refractivity contribution is 0.0707. The molecular weight excluding hydrogens is 521 g/mol. The zero-order valence-corrected chi connectivity index (χ0v) is 21.6. The molecule has 4 rings (SSSR count). The Kier molecular flexibility index (Phi) is 8.42. The third-order valence-corrected chi connectivity index (χ3v) is 7.62. The predicted octanol–water partition coefficient (Wildman–Crippen LogP) is 4.73. The first-order valence-electron chi connectivity index (χ1n) is 11.4. The third-order valence-electron chi connectivity index (χ3n) is 5.67. The number of carbonyl (C=O) groups excluding carboxylic acids is 1. The van der Waals surface area contributed by atoms with Gasteiger partial charge in [0.25, 0.3) is 5.91 Å². The van der Waals surface area contributed by atoms with Crippen molar-refractivity contribution < 1.29 is 26.8 Å². The predicted molar refractivity (Wildman–Crippen MR) is 135 cm³/mol. The Bertz CT molecular complexity index is 1470. The Hall–Kier alpha value is -3.47. The lowest BCUT2D eigenvalue weighted by atomic mass is 10.1. The second-order valence-electron chi connectivity index (χ2n) is 8.25. The summed E-state index contributed by atoms with van der Waals surface area (Å²) in [5.41, 5.74) is 0.774. The number of nitrogens with zero attached hydrogens (tertiary/aromatic N) is 3. The summed E-state index contributed by atoms with van der Waals surface area (Å²) in [7, 11) is -2.41. The molecule has 0 atom stereocenters. The summed E-state index contributed by atoms with van der Waals surface area (Å²) >= 11 is 6.19. The van der Waals surface area contributed by atoms with E-state index in [1.54, 1.807) is 42.5 Å². The Morgan fingerprint density at radius 1 is 1.11 bits per heavy atom. The number of aromatic nitrogens is 2. The lowest BCUT2D eigenvalue weighted by Crippen LogP contribution is -2.32. The zero-order valence-electron chi connectivity index (χ0n) is 20.0. The first-order valence-corrected chi connectivity index (χ1v) is 13.4. The van der Waals surface area contributed by atoms with Crippen LogP contribution in [0.15, 0.2) is 82.7 Å². The Morgan fingerprint density at radius 2 is 1.86 bits per heavy atom. The van der Waals surface area contributed by atoms with Gasteiger partial charge in [0.2, 0.25) is 15.0 Å². The molecular formula is C26H25ClFN3O5S. The van der Waals surface area contributed by atoms with Crippen molar-refractivity contribution in [2.24, 2.45) is 0 Å². The minimum absolute atomic E-state index is 0.0390. The second-order valence-corrected chi connectivity index (χ2v) is 10.5. The molecule has 37 heavy (non-hydrogen) atoms. The fourth-order valence-electron chi connectivity index (χ4n) is 3.86. The summed E-state index contributed by atoms with van der Waals surface area (Å²) in [6, 6.07) is 15.7. The van der Waals surface area contributed by atoms with Gasteiger partial charge in [-0.25, -0.2) is 17.8 Å². The molecule has 194 valence electrons. The van der Waals surface area contributed by atoms with E-state index in [9.17, 15) is 17.6 Å². The summed E-state index contributed by atoms with van der Waals surface area (Å²) in [6.07, 6.45) is 2.88. The van der Waals surface area contributed by atoms with E-state index in [2.05, 4.69) is 4.98 Å². The van der Waals surface area contributed by atoms with Crippen LogP contribution in [-0.2, 0) is 40.0 Å². The maximum atomic E-state index is 14.5. The van der Waals surface area contributed by atoms with Crippen molar-refractivity contribution in [3.05, 3.63) is 107 Å². The maximum absolute atomic E-state index is 14.5. The van der Waals surface area contributed by atoms with Crippen molar-refractivity contribution >= 4 is 27.3 Å². The molecule has 11 heteroatoms. The van der Waals surface area contributed by atoms with Crippen LogP contribution in [0.1, 0.15) is 27.4 Å². The van der Waals surface area contributed by atoms with Gasteiger partial charge in [-0.15, -0.1) is 0 Å². The first kappa shape index (κ1) is 26.6. The largest absolute Gasteiger partial charge is 0.467 e. The maximum Gasteiger partial charge on any atom is 0.257 e. The highest BCUT2D eigenvalue weighted by atomic mass is 35.5. The van der Waals surface area contributed by atoms with Crippen molar-refractivity contribution in [2.75, 3.05) is 13.7 Å². The van der Waals surface area contributed by atoms with Crippen molar-refractivity contribution in [1.29, 1.82) is 0 Å². The third kappa shape index (κ3) is 6.27. The van der Waals surface area contributed by atoms with Crippen LogP contribution >= 0.6 is 11.6 Å². The highest BCUT2D eigenvalue weighted by molar-refractivity contribution is 7.90. The molecule has 0 fully saturated rings. The lowest BCUT2D eigenvalue weighted by Gasteiger charge is -2.23. The first-order chi connectivity index (χ1) is 17.8. The van der Waals surface area contributed by atoms with Crippen molar-refractivity contribution in [2.45, 2.75) is 30.5 Å². The number of methoxy groups -OCH3 is 1. The number of ether oxygens (including phenoxy) is 1. The fourth-order valence-corrected chi connectivity index (χ4v) is 5.69. The van der Waals surface area contributed by atoms with Crippen molar-refractivity contribution in [3.63, 3.8) is 0 Å². The summed E-state index contributed by atoms with van der Waals surface area (Å²) in [4.78, 5) is 18.9. The number of furan rings is 1. The van der Waals surface area contributed by atoms with Gasteiger partial charge in [0.05, 0.1) is 49.2 Å².